The topological polar surface area (TPSA) is 136 Å². The Labute approximate surface area is 158 Å². The summed E-state index contributed by atoms with van der Waals surface area (Å²) in [6.45, 7) is 1.75. The monoisotopic (exact) mass is 378 g/mol. The van der Waals surface area contributed by atoms with Crippen LogP contribution in [0, 0.1) is 20.2 Å². The lowest BCUT2D eigenvalue weighted by Gasteiger charge is -2.04. The van der Waals surface area contributed by atoms with E-state index in [1.54, 1.807) is 43.6 Å². The number of hydrogen-bond acceptors (Lipinski definition) is 8. The van der Waals surface area contributed by atoms with Crippen molar-refractivity contribution in [1.82, 2.24) is 9.97 Å². The van der Waals surface area contributed by atoms with Gasteiger partial charge in [-0.1, -0.05) is 0 Å². The summed E-state index contributed by atoms with van der Waals surface area (Å²) in [6, 6.07) is 12.1. The summed E-state index contributed by atoms with van der Waals surface area (Å²) in [5.41, 5.74) is 5.54. The lowest BCUT2D eigenvalue weighted by atomic mass is 10.1. The lowest BCUT2D eigenvalue weighted by Crippen LogP contribution is -2.02. The van der Waals surface area contributed by atoms with E-state index in [-0.39, 0.29) is 17.3 Å². The number of anilines is 1. The molecule has 140 valence electrons. The van der Waals surface area contributed by atoms with Gasteiger partial charge in [-0.2, -0.15) is 5.10 Å². The van der Waals surface area contributed by atoms with Crippen molar-refractivity contribution in [1.29, 1.82) is 0 Å². The van der Waals surface area contributed by atoms with E-state index in [0.29, 0.717) is 11.3 Å². The Morgan fingerprint density at radius 1 is 0.857 bits per heavy atom. The Balaban J connectivity index is 1.68. The molecule has 0 unspecified atom stereocenters. The van der Waals surface area contributed by atoms with Gasteiger partial charge in [0.15, 0.2) is 0 Å². The van der Waals surface area contributed by atoms with Crippen molar-refractivity contribution in [3.05, 3.63) is 86.7 Å². The Bertz CT molecular complexity index is 1030. The van der Waals surface area contributed by atoms with Gasteiger partial charge >= 0.3 is 0 Å². The quantitative estimate of drug-likeness (QED) is 0.391. The van der Waals surface area contributed by atoms with Crippen LogP contribution in [0.3, 0.4) is 0 Å². The fourth-order valence-corrected chi connectivity index (χ4v) is 2.33. The summed E-state index contributed by atoms with van der Waals surface area (Å²) in [7, 11) is 0. The standard InChI is InChI=1S/C18H14N6O4/c1-12(13-2-6-16(7-3-13)23(25)26)21-22-18-19-10-15(11-20-18)14-4-8-17(9-5-14)24(27)28/h2-11H,1H3,(H,19,20,22)/b21-12+. The highest BCUT2D eigenvalue weighted by atomic mass is 16.6. The fourth-order valence-electron chi connectivity index (χ4n) is 2.33. The Kier molecular flexibility index (Phi) is 5.30. The zero-order chi connectivity index (χ0) is 20.1. The molecule has 0 atom stereocenters. The van der Waals surface area contributed by atoms with E-state index in [0.717, 1.165) is 11.1 Å². The molecule has 10 nitrogen and oxygen atoms in total. The number of nitro groups is 2. The maximum absolute atomic E-state index is 10.7. The fraction of sp³-hybridized carbons (Fsp3) is 0.0556. The van der Waals surface area contributed by atoms with Crippen LogP contribution in [0.25, 0.3) is 11.1 Å². The lowest BCUT2D eigenvalue weighted by molar-refractivity contribution is -0.385. The van der Waals surface area contributed by atoms with Crippen molar-refractivity contribution in [2.75, 3.05) is 5.43 Å². The second-order valence-corrected chi connectivity index (χ2v) is 5.71. The van der Waals surface area contributed by atoms with E-state index in [1.807, 2.05) is 0 Å². The van der Waals surface area contributed by atoms with Gasteiger partial charge in [-0.25, -0.2) is 15.4 Å². The number of hydrazone groups is 1. The maximum atomic E-state index is 10.7. The van der Waals surface area contributed by atoms with Gasteiger partial charge in [0.25, 0.3) is 11.4 Å². The zero-order valence-electron chi connectivity index (χ0n) is 14.6. The average molecular weight is 378 g/mol. The number of nitrogens with one attached hydrogen (secondary N) is 1. The third-order valence-corrected chi connectivity index (χ3v) is 3.88. The Morgan fingerprint density at radius 2 is 1.36 bits per heavy atom. The van der Waals surface area contributed by atoms with Gasteiger partial charge in [0, 0.05) is 42.2 Å². The van der Waals surface area contributed by atoms with E-state index in [1.165, 1.54) is 24.3 Å². The third-order valence-electron chi connectivity index (χ3n) is 3.88. The van der Waals surface area contributed by atoms with Crippen molar-refractivity contribution in [2.24, 2.45) is 5.10 Å². The van der Waals surface area contributed by atoms with Crippen molar-refractivity contribution in [2.45, 2.75) is 6.92 Å². The molecule has 3 aromatic rings. The molecule has 0 fully saturated rings. The molecule has 1 N–H and O–H groups in total. The number of non-ortho nitro benzene ring substituents is 2. The van der Waals surface area contributed by atoms with Gasteiger partial charge in [-0.15, -0.1) is 0 Å². The molecule has 0 aliphatic heterocycles. The molecule has 0 aliphatic carbocycles. The summed E-state index contributed by atoms with van der Waals surface area (Å²) in [4.78, 5) is 28.8. The van der Waals surface area contributed by atoms with Crippen LogP contribution in [0.5, 0.6) is 0 Å². The number of hydrogen-bond donors (Lipinski definition) is 1. The normalized spacial score (nSPS) is 11.1. The molecule has 0 bridgehead atoms. The number of aromatic nitrogens is 2. The van der Waals surface area contributed by atoms with E-state index >= 15 is 0 Å². The molecule has 3 rings (SSSR count). The number of nitrogens with zero attached hydrogens (tertiary/aromatic N) is 5. The summed E-state index contributed by atoms with van der Waals surface area (Å²) in [6.07, 6.45) is 3.15. The second kappa shape index (κ2) is 7.99. The van der Waals surface area contributed by atoms with Gasteiger partial charge in [0.1, 0.15) is 0 Å². The highest BCUT2D eigenvalue weighted by molar-refractivity contribution is 5.99. The molecule has 1 aromatic heterocycles. The van der Waals surface area contributed by atoms with Crippen molar-refractivity contribution in [3.8, 4) is 11.1 Å². The maximum Gasteiger partial charge on any atom is 0.269 e. The van der Waals surface area contributed by atoms with E-state index in [9.17, 15) is 20.2 Å². The van der Waals surface area contributed by atoms with Crippen molar-refractivity contribution in [3.63, 3.8) is 0 Å². The van der Waals surface area contributed by atoms with Crippen LogP contribution < -0.4 is 5.43 Å². The highest BCUT2D eigenvalue weighted by Gasteiger charge is 2.07. The van der Waals surface area contributed by atoms with Crippen LogP contribution in [0.15, 0.2) is 66.0 Å². The molecule has 0 saturated carbocycles. The first-order valence-electron chi connectivity index (χ1n) is 8.06. The molecule has 0 spiro atoms. The van der Waals surface area contributed by atoms with Crippen LogP contribution in [0.1, 0.15) is 12.5 Å². The molecule has 0 amide bonds. The summed E-state index contributed by atoms with van der Waals surface area (Å²) in [5, 5.41) is 25.6. The number of nitro benzene ring substituents is 2. The van der Waals surface area contributed by atoms with Crippen LogP contribution >= 0.6 is 0 Å². The first-order chi connectivity index (χ1) is 13.4. The predicted molar refractivity (Wildman–Crippen MR) is 103 cm³/mol. The molecular weight excluding hydrogens is 364 g/mol. The summed E-state index contributed by atoms with van der Waals surface area (Å²) in [5.74, 6) is 0.270. The van der Waals surface area contributed by atoms with Crippen molar-refractivity contribution < 1.29 is 9.85 Å². The van der Waals surface area contributed by atoms with Crippen molar-refractivity contribution >= 4 is 23.0 Å². The first kappa shape index (κ1) is 18.6. The van der Waals surface area contributed by atoms with Crippen LogP contribution in [-0.4, -0.2) is 25.5 Å². The van der Waals surface area contributed by atoms with Gasteiger partial charge in [0.2, 0.25) is 5.95 Å². The van der Waals surface area contributed by atoms with Gasteiger partial charge in [0.05, 0.1) is 15.6 Å². The molecule has 2 aromatic carbocycles. The predicted octanol–water partition coefficient (Wildman–Crippen LogP) is 3.80. The summed E-state index contributed by atoms with van der Waals surface area (Å²) >= 11 is 0. The highest BCUT2D eigenvalue weighted by Crippen LogP contribution is 2.21. The SMILES string of the molecule is C/C(=N\Nc1ncc(-c2ccc([N+](=O)[O-])cc2)cn1)c1ccc([N+](=O)[O-])cc1. The smallest absolute Gasteiger partial charge is 0.258 e. The zero-order valence-corrected chi connectivity index (χ0v) is 14.6. The van der Waals surface area contributed by atoms with E-state index in [4.69, 9.17) is 0 Å². The Morgan fingerprint density at radius 3 is 1.86 bits per heavy atom. The van der Waals surface area contributed by atoms with E-state index in [2.05, 4.69) is 20.5 Å². The second-order valence-electron chi connectivity index (χ2n) is 5.71. The van der Waals surface area contributed by atoms with Gasteiger partial charge in [-0.05, 0) is 42.3 Å². The van der Waals surface area contributed by atoms with Crippen LogP contribution in [-0.2, 0) is 0 Å². The van der Waals surface area contributed by atoms with Gasteiger partial charge < -0.3 is 0 Å². The van der Waals surface area contributed by atoms with Crippen LogP contribution in [0.2, 0.25) is 0 Å². The minimum atomic E-state index is -0.463. The molecule has 1 heterocycles. The minimum Gasteiger partial charge on any atom is -0.258 e. The summed E-state index contributed by atoms with van der Waals surface area (Å²) < 4.78 is 0. The van der Waals surface area contributed by atoms with Crippen LogP contribution in [0.4, 0.5) is 17.3 Å². The Hall–Kier alpha value is -4.21. The third kappa shape index (κ3) is 4.30. The molecule has 10 heteroatoms. The molecule has 0 saturated heterocycles. The number of benzene rings is 2. The molecule has 0 radical (unpaired) electrons. The largest absolute Gasteiger partial charge is 0.269 e. The van der Waals surface area contributed by atoms with E-state index < -0.39 is 9.85 Å². The number of rotatable bonds is 6. The first-order valence-corrected chi connectivity index (χ1v) is 8.06. The molecular formula is C18H14N6O4. The molecule has 0 aliphatic rings. The minimum absolute atomic E-state index is 0.00896. The average Bonchev–Trinajstić information content (AvgIpc) is 2.72. The molecule has 28 heavy (non-hydrogen) atoms. The van der Waals surface area contributed by atoms with Gasteiger partial charge in [-0.3, -0.25) is 20.2 Å².